The Balaban J connectivity index is 1.32. The van der Waals surface area contributed by atoms with Crippen LogP contribution >= 0.6 is 0 Å². The summed E-state index contributed by atoms with van der Waals surface area (Å²) in [7, 11) is 0. The summed E-state index contributed by atoms with van der Waals surface area (Å²) in [5.41, 5.74) is 1.08. The second-order valence-corrected chi connectivity index (χ2v) is 6.78. The number of hydrogen-bond acceptors (Lipinski definition) is 4. The topological polar surface area (TPSA) is 63.2 Å². The van der Waals surface area contributed by atoms with E-state index in [2.05, 4.69) is 14.9 Å². The van der Waals surface area contributed by atoms with Gasteiger partial charge in [0.25, 0.3) is 0 Å². The van der Waals surface area contributed by atoms with Crippen LogP contribution in [-0.4, -0.2) is 26.8 Å². The normalized spacial score (nSPS) is 23.2. The van der Waals surface area contributed by atoms with Crippen LogP contribution in [0.3, 0.4) is 0 Å². The minimum Gasteiger partial charge on any atom is -0.460 e. The minimum atomic E-state index is -0.308. The van der Waals surface area contributed by atoms with Gasteiger partial charge in [0.2, 0.25) is 0 Å². The molecule has 1 aliphatic rings. The molecule has 1 saturated carbocycles. The van der Waals surface area contributed by atoms with Crippen molar-refractivity contribution < 1.29 is 9.52 Å². The lowest BCUT2D eigenvalue weighted by atomic mass is 10.1. The summed E-state index contributed by atoms with van der Waals surface area (Å²) in [6, 6.07) is 14.2. The summed E-state index contributed by atoms with van der Waals surface area (Å²) in [6.07, 6.45) is 7.08. The average Bonchev–Trinajstić information content (AvgIpc) is 3.36. The molecule has 1 aliphatic carbocycles. The Labute approximate surface area is 147 Å². The van der Waals surface area contributed by atoms with Crippen molar-refractivity contribution in [3.8, 4) is 11.3 Å². The summed E-state index contributed by atoms with van der Waals surface area (Å²) in [5, 5.41) is 13.8. The van der Waals surface area contributed by atoms with Gasteiger partial charge in [0.1, 0.15) is 11.5 Å². The number of hydrogen-bond donors (Lipinski definition) is 2. The number of nitrogens with zero attached hydrogens (tertiary/aromatic N) is 2. The van der Waals surface area contributed by atoms with Crippen molar-refractivity contribution in [1.29, 1.82) is 0 Å². The van der Waals surface area contributed by atoms with E-state index in [1.54, 1.807) is 6.20 Å². The Bertz CT molecular complexity index is 782. The molecule has 25 heavy (non-hydrogen) atoms. The van der Waals surface area contributed by atoms with Crippen LogP contribution < -0.4 is 5.32 Å². The summed E-state index contributed by atoms with van der Waals surface area (Å²) in [5.74, 6) is 2.24. The van der Waals surface area contributed by atoms with Gasteiger partial charge in [-0.05, 0) is 30.9 Å². The van der Waals surface area contributed by atoms with Crippen molar-refractivity contribution in [2.45, 2.75) is 38.1 Å². The van der Waals surface area contributed by atoms with Gasteiger partial charge in [0.05, 0.1) is 19.0 Å². The Morgan fingerprint density at radius 1 is 1.16 bits per heavy atom. The SMILES string of the molecule is O[C@@H]1CC(Cn2ccnc2)C[C@H]1NCc1ccc(-c2ccccc2)o1. The zero-order valence-corrected chi connectivity index (χ0v) is 14.1. The van der Waals surface area contributed by atoms with Crippen LogP contribution in [0.4, 0.5) is 0 Å². The van der Waals surface area contributed by atoms with Crippen molar-refractivity contribution in [3.63, 3.8) is 0 Å². The van der Waals surface area contributed by atoms with Crippen LogP contribution in [0, 0.1) is 5.92 Å². The van der Waals surface area contributed by atoms with Gasteiger partial charge in [-0.25, -0.2) is 4.98 Å². The lowest BCUT2D eigenvalue weighted by Gasteiger charge is -2.15. The zero-order valence-electron chi connectivity index (χ0n) is 14.1. The molecule has 3 atom stereocenters. The van der Waals surface area contributed by atoms with E-state index in [1.165, 1.54) is 0 Å². The third-order valence-electron chi connectivity index (χ3n) is 4.91. The van der Waals surface area contributed by atoms with Crippen LogP contribution in [0.1, 0.15) is 18.6 Å². The third-order valence-corrected chi connectivity index (χ3v) is 4.91. The molecule has 2 aromatic heterocycles. The molecule has 130 valence electrons. The number of furan rings is 1. The first-order valence-electron chi connectivity index (χ1n) is 8.79. The predicted octanol–water partition coefficient (Wildman–Crippen LogP) is 3.07. The Morgan fingerprint density at radius 3 is 2.84 bits per heavy atom. The number of aliphatic hydroxyl groups excluding tert-OH is 1. The maximum atomic E-state index is 10.3. The molecular formula is C20H23N3O2. The first kappa shape index (κ1) is 16.1. The molecule has 0 aliphatic heterocycles. The predicted molar refractivity (Wildman–Crippen MR) is 95.7 cm³/mol. The number of benzene rings is 1. The number of nitrogens with one attached hydrogen (secondary N) is 1. The highest BCUT2D eigenvalue weighted by atomic mass is 16.3. The molecule has 2 N–H and O–H groups in total. The molecule has 5 nitrogen and oxygen atoms in total. The molecule has 3 aromatic rings. The molecule has 0 amide bonds. The second kappa shape index (κ2) is 7.25. The molecule has 1 fully saturated rings. The molecule has 1 aromatic carbocycles. The number of aromatic nitrogens is 2. The standard InChI is InChI=1S/C20H23N3O2/c24-19-11-15(13-23-9-8-21-14-23)10-18(19)22-12-17-6-7-20(25-17)16-4-2-1-3-5-16/h1-9,14-15,18-19,22,24H,10-13H2/t15?,18-,19-/m1/s1. The van der Waals surface area contributed by atoms with Gasteiger partial charge in [-0.3, -0.25) is 0 Å². The summed E-state index contributed by atoms with van der Waals surface area (Å²) in [6.45, 7) is 1.54. The first-order valence-corrected chi connectivity index (χ1v) is 8.79. The Hall–Kier alpha value is -2.37. The second-order valence-electron chi connectivity index (χ2n) is 6.78. The highest BCUT2D eigenvalue weighted by Crippen LogP contribution is 2.28. The summed E-state index contributed by atoms with van der Waals surface area (Å²) >= 11 is 0. The maximum absolute atomic E-state index is 10.3. The van der Waals surface area contributed by atoms with Crippen molar-refractivity contribution in [3.05, 3.63) is 66.9 Å². The molecular weight excluding hydrogens is 314 g/mol. The molecule has 0 bridgehead atoms. The van der Waals surface area contributed by atoms with Gasteiger partial charge < -0.3 is 19.4 Å². The lowest BCUT2D eigenvalue weighted by molar-refractivity contribution is 0.144. The molecule has 5 heteroatoms. The number of aliphatic hydroxyl groups is 1. The van der Waals surface area contributed by atoms with E-state index in [9.17, 15) is 5.11 Å². The van der Waals surface area contributed by atoms with Crippen molar-refractivity contribution in [2.75, 3.05) is 0 Å². The minimum absolute atomic E-state index is 0.110. The first-order chi connectivity index (χ1) is 12.3. The van der Waals surface area contributed by atoms with Gasteiger partial charge in [0, 0.05) is 30.5 Å². The fourth-order valence-electron chi connectivity index (χ4n) is 3.64. The van der Waals surface area contributed by atoms with E-state index >= 15 is 0 Å². The fourth-order valence-corrected chi connectivity index (χ4v) is 3.64. The van der Waals surface area contributed by atoms with Crippen molar-refractivity contribution in [2.24, 2.45) is 5.92 Å². The van der Waals surface area contributed by atoms with E-state index < -0.39 is 0 Å². The fraction of sp³-hybridized carbons (Fsp3) is 0.350. The van der Waals surface area contributed by atoms with Crippen LogP contribution in [-0.2, 0) is 13.1 Å². The zero-order chi connectivity index (χ0) is 17.1. The molecule has 0 saturated heterocycles. The van der Waals surface area contributed by atoms with E-state index in [-0.39, 0.29) is 12.1 Å². The largest absolute Gasteiger partial charge is 0.460 e. The van der Waals surface area contributed by atoms with Crippen LogP contribution in [0.2, 0.25) is 0 Å². The highest BCUT2D eigenvalue weighted by Gasteiger charge is 2.32. The van der Waals surface area contributed by atoms with Crippen LogP contribution in [0.5, 0.6) is 0 Å². The number of rotatable bonds is 6. The van der Waals surface area contributed by atoms with Crippen molar-refractivity contribution >= 4 is 0 Å². The Morgan fingerprint density at radius 2 is 2.04 bits per heavy atom. The molecule has 4 rings (SSSR count). The van der Waals surface area contributed by atoms with Crippen LogP contribution in [0.15, 0.2) is 65.6 Å². The third kappa shape index (κ3) is 3.83. The van der Waals surface area contributed by atoms with E-state index in [0.717, 1.165) is 36.5 Å². The highest BCUT2D eigenvalue weighted by molar-refractivity contribution is 5.57. The smallest absolute Gasteiger partial charge is 0.134 e. The average molecular weight is 337 g/mol. The quantitative estimate of drug-likeness (QED) is 0.726. The number of imidazole rings is 1. The lowest BCUT2D eigenvalue weighted by Crippen LogP contribution is -2.35. The summed E-state index contributed by atoms with van der Waals surface area (Å²) < 4.78 is 8.00. The molecule has 0 radical (unpaired) electrons. The Kier molecular flexibility index (Phi) is 4.68. The molecule has 2 heterocycles. The summed E-state index contributed by atoms with van der Waals surface area (Å²) in [4.78, 5) is 4.08. The van der Waals surface area contributed by atoms with Gasteiger partial charge in [-0.1, -0.05) is 30.3 Å². The van der Waals surface area contributed by atoms with E-state index in [1.807, 2.05) is 55.0 Å². The maximum Gasteiger partial charge on any atom is 0.134 e. The molecule has 0 spiro atoms. The van der Waals surface area contributed by atoms with Gasteiger partial charge >= 0.3 is 0 Å². The van der Waals surface area contributed by atoms with E-state index in [4.69, 9.17) is 4.42 Å². The van der Waals surface area contributed by atoms with E-state index in [0.29, 0.717) is 12.5 Å². The van der Waals surface area contributed by atoms with Crippen molar-refractivity contribution in [1.82, 2.24) is 14.9 Å². The van der Waals surface area contributed by atoms with Gasteiger partial charge in [0.15, 0.2) is 0 Å². The monoisotopic (exact) mass is 337 g/mol. The van der Waals surface area contributed by atoms with Crippen LogP contribution in [0.25, 0.3) is 11.3 Å². The van der Waals surface area contributed by atoms with Gasteiger partial charge in [-0.2, -0.15) is 0 Å². The van der Waals surface area contributed by atoms with Gasteiger partial charge in [-0.15, -0.1) is 0 Å². The molecule has 1 unspecified atom stereocenters.